The van der Waals surface area contributed by atoms with Crippen LogP contribution in [0.3, 0.4) is 0 Å². The average molecular weight is 273 g/mol. The fraction of sp³-hybridized carbons (Fsp3) is 0.375. The molecule has 0 aromatic heterocycles. The van der Waals surface area contributed by atoms with Crippen molar-refractivity contribution in [3.05, 3.63) is 36.4 Å². The van der Waals surface area contributed by atoms with Crippen LogP contribution in [0, 0.1) is 0 Å². The zero-order valence-electron chi connectivity index (χ0n) is 12.4. The van der Waals surface area contributed by atoms with Crippen molar-refractivity contribution >= 4 is 24.8 Å². The van der Waals surface area contributed by atoms with Gasteiger partial charge in [-0.05, 0) is 47.8 Å². The van der Waals surface area contributed by atoms with Gasteiger partial charge in [-0.2, -0.15) is 0 Å². The topological polar surface area (TPSA) is 35.2 Å². The Balaban J connectivity index is 2.38. The highest BCUT2D eigenvalue weighted by molar-refractivity contribution is 6.74. The number of hydrogen-bond acceptors (Lipinski definition) is 2. The van der Waals surface area contributed by atoms with E-state index < -0.39 is 8.32 Å². The molecule has 0 aliphatic rings. The van der Waals surface area contributed by atoms with Gasteiger partial charge in [-0.15, -0.1) is 0 Å². The summed E-state index contributed by atoms with van der Waals surface area (Å²) >= 11 is 0. The molecule has 19 heavy (non-hydrogen) atoms. The second-order valence-corrected chi connectivity index (χ2v) is 11.3. The van der Waals surface area contributed by atoms with Gasteiger partial charge in [0.1, 0.15) is 5.75 Å². The van der Waals surface area contributed by atoms with E-state index in [9.17, 15) is 0 Å². The minimum Gasteiger partial charge on any atom is -0.543 e. The van der Waals surface area contributed by atoms with E-state index in [1.807, 2.05) is 24.3 Å². The summed E-state index contributed by atoms with van der Waals surface area (Å²) in [5.41, 5.74) is 6.79. The van der Waals surface area contributed by atoms with Gasteiger partial charge in [0.2, 0.25) is 8.32 Å². The van der Waals surface area contributed by atoms with E-state index in [-0.39, 0.29) is 5.04 Å². The fourth-order valence-electron chi connectivity index (χ4n) is 1.80. The summed E-state index contributed by atoms with van der Waals surface area (Å²) in [5, 5.41) is 2.43. The van der Waals surface area contributed by atoms with Crippen LogP contribution in [0.2, 0.25) is 18.1 Å². The van der Waals surface area contributed by atoms with Crippen LogP contribution < -0.4 is 10.2 Å². The van der Waals surface area contributed by atoms with Crippen LogP contribution in [0.4, 0.5) is 5.69 Å². The first kappa shape index (κ1) is 13.9. The smallest absolute Gasteiger partial charge is 0.250 e. The minimum atomic E-state index is -1.78. The molecule has 0 fully saturated rings. The molecule has 0 unspecified atom stereocenters. The summed E-state index contributed by atoms with van der Waals surface area (Å²) in [5.74, 6) is 0.949. The van der Waals surface area contributed by atoms with Crippen LogP contribution in [0.25, 0.3) is 10.8 Å². The number of benzene rings is 2. The summed E-state index contributed by atoms with van der Waals surface area (Å²) in [4.78, 5) is 0. The molecule has 0 spiro atoms. The maximum Gasteiger partial charge on any atom is 0.250 e. The number of fused-ring (bicyclic) bond motifs is 1. The summed E-state index contributed by atoms with van der Waals surface area (Å²) in [6.07, 6.45) is 0. The van der Waals surface area contributed by atoms with Gasteiger partial charge < -0.3 is 10.2 Å². The number of nitrogen functional groups attached to an aromatic ring is 1. The van der Waals surface area contributed by atoms with Gasteiger partial charge >= 0.3 is 0 Å². The second kappa shape index (κ2) is 4.56. The largest absolute Gasteiger partial charge is 0.543 e. The predicted molar refractivity (Wildman–Crippen MR) is 86.2 cm³/mol. The third kappa shape index (κ3) is 2.76. The lowest BCUT2D eigenvalue weighted by atomic mass is 10.1. The molecule has 2 aromatic carbocycles. The van der Waals surface area contributed by atoms with E-state index in [0.29, 0.717) is 0 Å². The van der Waals surface area contributed by atoms with Crippen molar-refractivity contribution in [2.45, 2.75) is 38.9 Å². The molecule has 0 aliphatic carbocycles. The van der Waals surface area contributed by atoms with Gasteiger partial charge in [0.25, 0.3) is 0 Å². The summed E-state index contributed by atoms with van der Waals surface area (Å²) in [6.45, 7) is 11.3. The number of nitrogens with two attached hydrogens (primary N) is 1. The number of hydrogen-bond donors (Lipinski definition) is 1. The minimum absolute atomic E-state index is 0.206. The normalized spacial score (nSPS) is 12.7. The summed E-state index contributed by atoms with van der Waals surface area (Å²) in [6, 6.07) is 12.1. The highest BCUT2D eigenvalue weighted by Crippen LogP contribution is 2.38. The van der Waals surface area contributed by atoms with Gasteiger partial charge in [-0.3, -0.25) is 0 Å². The van der Waals surface area contributed by atoms with Crippen molar-refractivity contribution in [1.29, 1.82) is 0 Å². The molecule has 2 rings (SSSR count). The molecule has 0 saturated carbocycles. The van der Waals surface area contributed by atoms with Crippen LogP contribution >= 0.6 is 0 Å². The van der Waals surface area contributed by atoms with Crippen LogP contribution in [-0.4, -0.2) is 8.32 Å². The highest BCUT2D eigenvalue weighted by atomic mass is 28.4. The number of rotatable bonds is 2. The zero-order chi connectivity index (χ0) is 14.3. The molecular weight excluding hydrogens is 250 g/mol. The molecule has 102 valence electrons. The number of anilines is 1. The Labute approximate surface area is 116 Å². The molecule has 2 N–H and O–H groups in total. The van der Waals surface area contributed by atoms with Crippen molar-refractivity contribution in [3.63, 3.8) is 0 Å². The van der Waals surface area contributed by atoms with Crippen LogP contribution in [0.1, 0.15) is 20.8 Å². The SMILES string of the molecule is CC(C)(C)[Si](C)(C)Oc1ccc2c(N)cccc2c1. The molecule has 2 nitrogen and oxygen atoms in total. The molecule has 0 heterocycles. The van der Waals surface area contributed by atoms with E-state index in [0.717, 1.165) is 22.2 Å². The van der Waals surface area contributed by atoms with Crippen molar-refractivity contribution in [2.75, 3.05) is 5.73 Å². The Morgan fingerprint density at radius 1 is 1.05 bits per heavy atom. The zero-order valence-corrected chi connectivity index (χ0v) is 13.4. The Morgan fingerprint density at radius 2 is 1.74 bits per heavy atom. The first-order chi connectivity index (χ1) is 8.71. The van der Waals surface area contributed by atoms with Gasteiger partial charge in [0, 0.05) is 11.1 Å². The van der Waals surface area contributed by atoms with Crippen molar-refractivity contribution in [1.82, 2.24) is 0 Å². The Bertz CT molecular complexity index is 599. The van der Waals surface area contributed by atoms with Gasteiger partial charge in [0.15, 0.2) is 0 Å². The van der Waals surface area contributed by atoms with E-state index in [2.05, 4.69) is 46.0 Å². The second-order valence-electron chi connectivity index (χ2n) is 6.59. The van der Waals surface area contributed by atoms with Gasteiger partial charge in [-0.1, -0.05) is 32.9 Å². The standard InChI is InChI=1S/C16H23NOSi/c1-16(2,3)19(4,5)18-13-9-10-14-12(11-13)7-6-8-15(14)17/h6-11H,17H2,1-5H3. The maximum absolute atomic E-state index is 6.31. The lowest BCUT2D eigenvalue weighted by Gasteiger charge is -2.36. The lowest BCUT2D eigenvalue weighted by Crippen LogP contribution is -2.43. The molecule has 2 aromatic rings. The third-order valence-electron chi connectivity index (χ3n) is 4.06. The van der Waals surface area contributed by atoms with Crippen molar-refractivity contribution in [3.8, 4) is 5.75 Å². The van der Waals surface area contributed by atoms with Crippen molar-refractivity contribution in [2.24, 2.45) is 0 Å². The maximum atomic E-state index is 6.31. The van der Waals surface area contributed by atoms with Crippen LogP contribution in [-0.2, 0) is 0 Å². The third-order valence-corrected chi connectivity index (χ3v) is 8.42. The molecule has 3 heteroatoms. The van der Waals surface area contributed by atoms with E-state index in [4.69, 9.17) is 10.2 Å². The molecule has 0 aliphatic heterocycles. The van der Waals surface area contributed by atoms with Crippen molar-refractivity contribution < 1.29 is 4.43 Å². The molecule has 0 bridgehead atoms. The van der Waals surface area contributed by atoms with Gasteiger partial charge in [-0.25, -0.2) is 0 Å². The van der Waals surface area contributed by atoms with E-state index >= 15 is 0 Å². The fourth-order valence-corrected chi connectivity index (χ4v) is 2.82. The monoisotopic (exact) mass is 273 g/mol. The Morgan fingerprint density at radius 3 is 2.37 bits per heavy atom. The summed E-state index contributed by atoms with van der Waals surface area (Å²) in [7, 11) is -1.78. The molecule has 0 saturated heterocycles. The summed E-state index contributed by atoms with van der Waals surface area (Å²) < 4.78 is 6.31. The highest BCUT2D eigenvalue weighted by Gasteiger charge is 2.38. The molecule has 0 atom stereocenters. The van der Waals surface area contributed by atoms with E-state index in [1.54, 1.807) is 0 Å². The quantitative estimate of drug-likeness (QED) is 0.629. The van der Waals surface area contributed by atoms with Crippen LogP contribution in [0.15, 0.2) is 36.4 Å². The molecular formula is C16H23NOSi. The average Bonchev–Trinajstić information content (AvgIpc) is 2.27. The predicted octanol–water partition coefficient (Wildman–Crippen LogP) is 4.81. The molecule has 0 radical (unpaired) electrons. The first-order valence-corrected chi connectivity index (χ1v) is 9.59. The molecule has 0 amide bonds. The van der Waals surface area contributed by atoms with Gasteiger partial charge in [0.05, 0.1) is 0 Å². The lowest BCUT2D eigenvalue weighted by molar-refractivity contribution is 0.493. The van der Waals surface area contributed by atoms with E-state index in [1.165, 1.54) is 0 Å². The van der Waals surface area contributed by atoms with Crippen LogP contribution in [0.5, 0.6) is 5.75 Å². The Kier molecular flexibility index (Phi) is 3.35. The Hall–Kier alpha value is -1.48. The first-order valence-electron chi connectivity index (χ1n) is 6.68.